The smallest absolute Gasteiger partial charge is 0.176 e. The number of aromatic nitrogens is 1. The van der Waals surface area contributed by atoms with Crippen LogP contribution < -0.4 is 4.74 Å². The van der Waals surface area contributed by atoms with Crippen molar-refractivity contribution < 1.29 is 9.53 Å². The topological polar surface area (TPSA) is 31.2 Å². The summed E-state index contributed by atoms with van der Waals surface area (Å²) < 4.78 is 7.28. The minimum absolute atomic E-state index is 0.0455. The standard InChI is InChI=1S/C18H16ClNO2/c1-12(21)18-10-14-9-16(22-2)7-8-17(14)20(18)11-13-3-5-15(19)6-4-13/h3-10H,11H2,1-2H3. The van der Waals surface area contributed by atoms with E-state index >= 15 is 0 Å². The van der Waals surface area contributed by atoms with Crippen molar-refractivity contribution in [3.8, 4) is 5.75 Å². The average Bonchev–Trinajstić information content (AvgIpc) is 2.87. The molecule has 3 nitrogen and oxygen atoms in total. The van der Waals surface area contributed by atoms with E-state index in [0.717, 1.165) is 22.2 Å². The molecule has 1 aromatic heterocycles. The predicted octanol–water partition coefficient (Wildman–Crippen LogP) is 4.55. The molecule has 0 aliphatic heterocycles. The molecule has 112 valence electrons. The molecule has 0 amide bonds. The van der Waals surface area contributed by atoms with Gasteiger partial charge in [0.25, 0.3) is 0 Å². The maximum absolute atomic E-state index is 12.0. The molecule has 0 aliphatic carbocycles. The zero-order chi connectivity index (χ0) is 15.7. The normalized spacial score (nSPS) is 10.9. The van der Waals surface area contributed by atoms with Crippen LogP contribution in [0.2, 0.25) is 5.02 Å². The summed E-state index contributed by atoms with van der Waals surface area (Å²) in [6.45, 7) is 2.21. The molecule has 2 aromatic carbocycles. The van der Waals surface area contributed by atoms with Crippen LogP contribution in [0.1, 0.15) is 23.0 Å². The number of Topliss-reactive ketones (excluding diaryl/α,β-unsaturated/α-hetero) is 1. The number of hydrogen-bond acceptors (Lipinski definition) is 2. The van der Waals surface area contributed by atoms with Crippen LogP contribution in [0, 0.1) is 0 Å². The molecular formula is C18H16ClNO2. The number of ether oxygens (including phenoxy) is 1. The van der Waals surface area contributed by atoms with Crippen molar-refractivity contribution in [3.63, 3.8) is 0 Å². The molecule has 0 bridgehead atoms. The van der Waals surface area contributed by atoms with Crippen LogP contribution in [-0.4, -0.2) is 17.5 Å². The lowest BCUT2D eigenvalue weighted by Crippen LogP contribution is -2.07. The first-order valence-electron chi connectivity index (χ1n) is 7.01. The van der Waals surface area contributed by atoms with Gasteiger partial charge in [-0.15, -0.1) is 0 Å². The number of carbonyl (C=O) groups excluding carboxylic acids is 1. The van der Waals surface area contributed by atoms with Gasteiger partial charge in [-0.2, -0.15) is 0 Å². The third-order valence-electron chi connectivity index (χ3n) is 3.72. The maximum atomic E-state index is 12.0. The fourth-order valence-corrected chi connectivity index (χ4v) is 2.74. The van der Waals surface area contributed by atoms with Crippen molar-refractivity contribution in [1.29, 1.82) is 0 Å². The van der Waals surface area contributed by atoms with Crippen LogP contribution in [0.4, 0.5) is 0 Å². The highest BCUT2D eigenvalue weighted by Crippen LogP contribution is 2.26. The summed E-state index contributed by atoms with van der Waals surface area (Å²) >= 11 is 5.93. The van der Waals surface area contributed by atoms with Gasteiger partial charge in [-0.25, -0.2) is 0 Å². The van der Waals surface area contributed by atoms with Gasteiger partial charge in [-0.1, -0.05) is 23.7 Å². The summed E-state index contributed by atoms with van der Waals surface area (Å²) in [5.74, 6) is 0.829. The molecule has 4 heteroatoms. The molecule has 0 N–H and O–H groups in total. The molecule has 0 unspecified atom stereocenters. The highest BCUT2D eigenvalue weighted by molar-refractivity contribution is 6.30. The quantitative estimate of drug-likeness (QED) is 0.661. The summed E-state index contributed by atoms with van der Waals surface area (Å²) in [5, 5.41) is 1.70. The van der Waals surface area contributed by atoms with Crippen LogP contribution in [0.5, 0.6) is 5.75 Å². The van der Waals surface area contributed by atoms with Crippen molar-refractivity contribution in [2.24, 2.45) is 0 Å². The number of benzene rings is 2. The van der Waals surface area contributed by atoms with Crippen LogP contribution in [0.15, 0.2) is 48.5 Å². The Kier molecular flexibility index (Phi) is 3.90. The second-order valence-corrected chi connectivity index (χ2v) is 5.66. The minimum Gasteiger partial charge on any atom is -0.497 e. The number of nitrogens with zero attached hydrogens (tertiary/aromatic N) is 1. The molecule has 0 saturated heterocycles. The number of rotatable bonds is 4. The number of methoxy groups -OCH3 is 1. The Morgan fingerprint density at radius 1 is 1.14 bits per heavy atom. The van der Waals surface area contributed by atoms with E-state index in [1.54, 1.807) is 14.0 Å². The predicted molar refractivity (Wildman–Crippen MR) is 89.0 cm³/mol. The van der Waals surface area contributed by atoms with Gasteiger partial charge in [0.2, 0.25) is 0 Å². The first-order chi connectivity index (χ1) is 10.6. The fourth-order valence-electron chi connectivity index (χ4n) is 2.61. The summed E-state index contributed by atoms with van der Waals surface area (Å²) in [7, 11) is 1.64. The van der Waals surface area contributed by atoms with Gasteiger partial charge < -0.3 is 9.30 Å². The third-order valence-corrected chi connectivity index (χ3v) is 3.98. The molecule has 1 heterocycles. The second kappa shape index (κ2) is 5.85. The van der Waals surface area contributed by atoms with Gasteiger partial charge in [-0.3, -0.25) is 4.79 Å². The molecule has 0 saturated carbocycles. The van der Waals surface area contributed by atoms with Crippen LogP contribution in [-0.2, 0) is 6.54 Å². The molecular weight excluding hydrogens is 298 g/mol. The number of halogens is 1. The highest BCUT2D eigenvalue weighted by Gasteiger charge is 2.13. The van der Waals surface area contributed by atoms with E-state index in [-0.39, 0.29) is 5.78 Å². The summed E-state index contributed by atoms with van der Waals surface area (Å²) in [5.41, 5.74) is 2.80. The maximum Gasteiger partial charge on any atom is 0.176 e. The van der Waals surface area contributed by atoms with Crippen molar-refractivity contribution >= 4 is 28.3 Å². The van der Waals surface area contributed by atoms with Crippen LogP contribution >= 0.6 is 11.6 Å². The number of carbonyl (C=O) groups is 1. The lowest BCUT2D eigenvalue weighted by molar-refractivity contribution is 0.101. The van der Waals surface area contributed by atoms with Crippen molar-refractivity contribution in [2.45, 2.75) is 13.5 Å². The number of ketones is 1. The Labute approximate surface area is 134 Å². The van der Waals surface area contributed by atoms with E-state index in [2.05, 4.69) is 0 Å². The van der Waals surface area contributed by atoms with Crippen molar-refractivity contribution in [1.82, 2.24) is 4.57 Å². The zero-order valence-electron chi connectivity index (χ0n) is 12.5. The zero-order valence-corrected chi connectivity index (χ0v) is 13.2. The van der Waals surface area contributed by atoms with Gasteiger partial charge in [0.05, 0.1) is 12.8 Å². The number of hydrogen-bond donors (Lipinski definition) is 0. The Hall–Kier alpha value is -2.26. The van der Waals surface area contributed by atoms with E-state index in [1.807, 2.05) is 53.1 Å². The first kappa shape index (κ1) is 14.7. The average molecular weight is 314 g/mol. The lowest BCUT2D eigenvalue weighted by atomic mass is 10.2. The highest BCUT2D eigenvalue weighted by atomic mass is 35.5. The van der Waals surface area contributed by atoms with Gasteiger partial charge in [-0.05, 0) is 42.0 Å². The molecule has 0 fully saturated rings. The van der Waals surface area contributed by atoms with E-state index < -0.39 is 0 Å². The lowest BCUT2D eigenvalue weighted by Gasteiger charge is -2.10. The van der Waals surface area contributed by atoms with Crippen molar-refractivity contribution in [3.05, 3.63) is 64.8 Å². The first-order valence-corrected chi connectivity index (χ1v) is 7.39. The number of fused-ring (bicyclic) bond motifs is 1. The molecule has 0 radical (unpaired) electrons. The van der Waals surface area contributed by atoms with Crippen LogP contribution in [0.3, 0.4) is 0 Å². The SMILES string of the molecule is COc1ccc2c(c1)cc(C(C)=O)n2Cc1ccc(Cl)cc1. The Morgan fingerprint density at radius 2 is 1.86 bits per heavy atom. The molecule has 0 aliphatic rings. The van der Waals surface area contributed by atoms with Gasteiger partial charge >= 0.3 is 0 Å². The van der Waals surface area contributed by atoms with Gasteiger partial charge in [0.15, 0.2) is 5.78 Å². The Morgan fingerprint density at radius 3 is 2.50 bits per heavy atom. The fraction of sp³-hybridized carbons (Fsp3) is 0.167. The molecule has 22 heavy (non-hydrogen) atoms. The van der Waals surface area contributed by atoms with E-state index in [4.69, 9.17) is 16.3 Å². The summed E-state index contributed by atoms with van der Waals surface area (Å²) in [6, 6.07) is 15.4. The van der Waals surface area contributed by atoms with Crippen LogP contribution in [0.25, 0.3) is 10.9 Å². The minimum atomic E-state index is 0.0455. The third kappa shape index (κ3) is 2.72. The molecule has 3 rings (SSSR count). The summed E-state index contributed by atoms with van der Waals surface area (Å²) in [4.78, 5) is 12.0. The van der Waals surface area contributed by atoms with Crippen molar-refractivity contribution in [2.75, 3.05) is 7.11 Å². The molecule has 0 spiro atoms. The van der Waals surface area contributed by atoms with Gasteiger partial charge in [0, 0.05) is 29.4 Å². The van der Waals surface area contributed by atoms with E-state index in [1.165, 1.54) is 0 Å². The Bertz CT molecular complexity index is 834. The Balaban J connectivity index is 2.11. The molecule has 3 aromatic rings. The van der Waals surface area contributed by atoms with Gasteiger partial charge in [0.1, 0.15) is 5.75 Å². The molecule has 0 atom stereocenters. The largest absolute Gasteiger partial charge is 0.497 e. The summed E-state index contributed by atoms with van der Waals surface area (Å²) in [6.07, 6.45) is 0. The van der Waals surface area contributed by atoms with E-state index in [0.29, 0.717) is 17.3 Å². The van der Waals surface area contributed by atoms with E-state index in [9.17, 15) is 4.79 Å². The monoisotopic (exact) mass is 313 g/mol. The second-order valence-electron chi connectivity index (χ2n) is 5.22.